The lowest BCUT2D eigenvalue weighted by Gasteiger charge is -2.15. The van der Waals surface area contributed by atoms with Gasteiger partial charge in [-0.1, -0.05) is 29.8 Å². The highest BCUT2D eigenvalue weighted by molar-refractivity contribution is 6.32. The maximum atomic E-state index is 12.4. The number of ether oxygens (including phenoxy) is 1. The minimum absolute atomic E-state index is 0.0465. The number of carbonyl (C=O) groups excluding carboxylic acids is 1. The molecule has 0 aliphatic heterocycles. The van der Waals surface area contributed by atoms with E-state index < -0.39 is 6.10 Å². The summed E-state index contributed by atoms with van der Waals surface area (Å²) in [5.74, 6) is 0.488. The van der Waals surface area contributed by atoms with Gasteiger partial charge in [-0.25, -0.2) is 0 Å². The van der Waals surface area contributed by atoms with Gasteiger partial charge in [-0.2, -0.15) is 0 Å². The van der Waals surface area contributed by atoms with Gasteiger partial charge in [0.05, 0.1) is 5.02 Å². The fraction of sp³-hybridized carbons (Fsp3) is 0.278. The van der Waals surface area contributed by atoms with E-state index in [9.17, 15) is 4.79 Å². The fourth-order valence-corrected chi connectivity index (χ4v) is 2.35. The second-order valence-electron chi connectivity index (χ2n) is 5.36. The predicted octanol–water partition coefficient (Wildman–Crippen LogP) is 4.92. The van der Waals surface area contributed by atoms with Crippen LogP contribution in [0.1, 0.15) is 34.0 Å². The van der Waals surface area contributed by atoms with Crippen molar-refractivity contribution >= 4 is 17.4 Å². The molecule has 0 fully saturated rings. The van der Waals surface area contributed by atoms with Gasteiger partial charge in [0.25, 0.3) is 0 Å². The van der Waals surface area contributed by atoms with E-state index in [0.717, 1.165) is 11.1 Å². The molecular formula is C18H19ClO2. The van der Waals surface area contributed by atoms with E-state index in [-0.39, 0.29) is 5.78 Å². The number of hydrogen-bond donors (Lipinski definition) is 0. The van der Waals surface area contributed by atoms with E-state index in [0.29, 0.717) is 16.3 Å². The van der Waals surface area contributed by atoms with Gasteiger partial charge in [0.2, 0.25) is 5.78 Å². The highest BCUT2D eigenvalue weighted by Crippen LogP contribution is 2.26. The molecule has 2 aromatic carbocycles. The van der Waals surface area contributed by atoms with Crippen LogP contribution in [0.25, 0.3) is 0 Å². The van der Waals surface area contributed by atoms with Gasteiger partial charge in [-0.05, 0) is 62.6 Å². The van der Waals surface area contributed by atoms with E-state index in [1.54, 1.807) is 13.0 Å². The Hall–Kier alpha value is -1.80. The van der Waals surface area contributed by atoms with E-state index in [2.05, 4.69) is 0 Å². The van der Waals surface area contributed by atoms with Crippen molar-refractivity contribution in [3.8, 4) is 5.75 Å². The zero-order valence-corrected chi connectivity index (χ0v) is 13.5. The number of ketones is 1. The Morgan fingerprint density at radius 3 is 2.38 bits per heavy atom. The normalized spacial score (nSPS) is 12.0. The highest BCUT2D eigenvalue weighted by Gasteiger charge is 2.18. The van der Waals surface area contributed by atoms with Crippen LogP contribution in [0.3, 0.4) is 0 Å². The molecule has 3 heteroatoms. The Morgan fingerprint density at radius 2 is 1.76 bits per heavy atom. The van der Waals surface area contributed by atoms with E-state index in [4.69, 9.17) is 16.3 Å². The molecule has 0 aromatic heterocycles. The molecule has 0 aliphatic carbocycles. The average Bonchev–Trinajstić information content (AvgIpc) is 2.44. The van der Waals surface area contributed by atoms with Gasteiger partial charge in [-0.3, -0.25) is 4.79 Å². The van der Waals surface area contributed by atoms with Crippen LogP contribution in [0.15, 0.2) is 36.4 Å². The van der Waals surface area contributed by atoms with Crippen LogP contribution in [-0.4, -0.2) is 11.9 Å². The third-order valence-corrected chi connectivity index (χ3v) is 3.85. The second kappa shape index (κ2) is 6.31. The largest absolute Gasteiger partial charge is 0.481 e. The molecule has 1 unspecified atom stereocenters. The molecule has 21 heavy (non-hydrogen) atoms. The first-order valence-corrected chi connectivity index (χ1v) is 7.30. The minimum Gasteiger partial charge on any atom is -0.481 e. The van der Waals surface area contributed by atoms with E-state index in [1.165, 1.54) is 5.56 Å². The summed E-state index contributed by atoms with van der Waals surface area (Å²) in [4.78, 5) is 12.4. The molecule has 2 nitrogen and oxygen atoms in total. The molecule has 2 aromatic rings. The Balaban J connectivity index is 2.17. The van der Waals surface area contributed by atoms with Crippen molar-refractivity contribution in [2.45, 2.75) is 33.8 Å². The van der Waals surface area contributed by atoms with Gasteiger partial charge in [0.15, 0.2) is 6.10 Å². The minimum atomic E-state index is -0.577. The number of benzene rings is 2. The summed E-state index contributed by atoms with van der Waals surface area (Å²) in [5, 5.41) is 0.523. The molecule has 0 spiro atoms. The van der Waals surface area contributed by atoms with Crippen LogP contribution in [0.5, 0.6) is 5.75 Å². The lowest BCUT2D eigenvalue weighted by Crippen LogP contribution is -2.24. The molecule has 0 amide bonds. The van der Waals surface area contributed by atoms with Crippen LogP contribution in [-0.2, 0) is 0 Å². The summed E-state index contributed by atoms with van der Waals surface area (Å²) in [5.41, 5.74) is 3.98. The van der Waals surface area contributed by atoms with Crippen LogP contribution in [0.4, 0.5) is 0 Å². The first kappa shape index (κ1) is 15.6. The number of Topliss-reactive ketones (excluding diaryl/α,β-unsaturated/α-hetero) is 1. The maximum absolute atomic E-state index is 12.4. The number of rotatable bonds is 4. The molecule has 2 rings (SSSR count). The van der Waals surface area contributed by atoms with Crippen molar-refractivity contribution in [3.05, 3.63) is 63.7 Å². The molecule has 110 valence electrons. The zero-order valence-electron chi connectivity index (χ0n) is 12.7. The summed E-state index contributed by atoms with van der Waals surface area (Å²) in [6.45, 7) is 7.72. The SMILES string of the molecule is Cc1ccc(OC(C)C(=O)c2ccc(C)c(C)c2)c(Cl)c1. The smallest absolute Gasteiger partial charge is 0.203 e. The fourth-order valence-electron chi connectivity index (χ4n) is 2.07. The average molecular weight is 303 g/mol. The van der Waals surface area contributed by atoms with E-state index >= 15 is 0 Å². The third-order valence-electron chi connectivity index (χ3n) is 3.55. The van der Waals surface area contributed by atoms with Crippen LogP contribution >= 0.6 is 11.6 Å². The quantitative estimate of drug-likeness (QED) is 0.750. The van der Waals surface area contributed by atoms with Crippen molar-refractivity contribution in [1.82, 2.24) is 0 Å². The van der Waals surface area contributed by atoms with Gasteiger partial charge in [-0.15, -0.1) is 0 Å². The zero-order chi connectivity index (χ0) is 15.6. The maximum Gasteiger partial charge on any atom is 0.203 e. The molecule has 0 heterocycles. The van der Waals surface area contributed by atoms with Crippen LogP contribution in [0.2, 0.25) is 5.02 Å². The van der Waals surface area contributed by atoms with Crippen molar-refractivity contribution in [3.63, 3.8) is 0 Å². The molecule has 0 saturated heterocycles. The number of hydrogen-bond acceptors (Lipinski definition) is 2. The van der Waals surface area contributed by atoms with Crippen LogP contribution < -0.4 is 4.74 Å². The van der Waals surface area contributed by atoms with Crippen molar-refractivity contribution < 1.29 is 9.53 Å². The lowest BCUT2D eigenvalue weighted by atomic mass is 10.0. The van der Waals surface area contributed by atoms with Gasteiger partial charge >= 0.3 is 0 Å². The number of carbonyl (C=O) groups is 1. The Bertz CT molecular complexity index is 677. The van der Waals surface area contributed by atoms with Crippen molar-refractivity contribution in [1.29, 1.82) is 0 Å². The van der Waals surface area contributed by atoms with Gasteiger partial charge in [0, 0.05) is 5.56 Å². The Morgan fingerprint density at radius 1 is 1.05 bits per heavy atom. The summed E-state index contributed by atoms with van der Waals surface area (Å²) >= 11 is 6.13. The van der Waals surface area contributed by atoms with Gasteiger partial charge in [0.1, 0.15) is 5.75 Å². The Labute approximate surface area is 130 Å². The summed E-state index contributed by atoms with van der Waals surface area (Å²) in [7, 11) is 0. The first-order valence-electron chi connectivity index (χ1n) is 6.93. The Kier molecular flexibility index (Phi) is 4.69. The predicted molar refractivity (Wildman–Crippen MR) is 86.5 cm³/mol. The second-order valence-corrected chi connectivity index (χ2v) is 5.76. The van der Waals surface area contributed by atoms with Crippen molar-refractivity contribution in [2.24, 2.45) is 0 Å². The van der Waals surface area contributed by atoms with Crippen LogP contribution in [0, 0.1) is 20.8 Å². The first-order chi connectivity index (χ1) is 9.88. The molecule has 0 saturated carbocycles. The summed E-state index contributed by atoms with van der Waals surface area (Å²) in [6.07, 6.45) is -0.577. The topological polar surface area (TPSA) is 26.3 Å². The standard InChI is InChI=1S/C18H19ClO2/c1-11-5-8-17(16(19)9-11)21-14(4)18(20)15-7-6-12(2)13(3)10-15/h5-10,14H,1-4H3. The van der Waals surface area contributed by atoms with Gasteiger partial charge < -0.3 is 4.74 Å². The number of halogens is 1. The van der Waals surface area contributed by atoms with E-state index in [1.807, 2.05) is 51.1 Å². The molecular weight excluding hydrogens is 284 g/mol. The lowest BCUT2D eigenvalue weighted by molar-refractivity contribution is 0.0818. The highest BCUT2D eigenvalue weighted by atomic mass is 35.5. The molecule has 0 bridgehead atoms. The molecule has 0 N–H and O–H groups in total. The molecule has 1 atom stereocenters. The monoisotopic (exact) mass is 302 g/mol. The summed E-state index contributed by atoms with van der Waals surface area (Å²) < 4.78 is 5.70. The number of aryl methyl sites for hydroxylation is 3. The molecule has 0 aliphatic rings. The van der Waals surface area contributed by atoms with Crippen molar-refractivity contribution in [2.75, 3.05) is 0 Å². The third kappa shape index (κ3) is 3.64. The summed E-state index contributed by atoms with van der Waals surface area (Å²) in [6, 6.07) is 11.2. The molecule has 0 radical (unpaired) electrons.